The topological polar surface area (TPSA) is 89.9 Å². The van der Waals surface area contributed by atoms with E-state index < -0.39 is 11.6 Å². The highest BCUT2D eigenvalue weighted by Gasteiger charge is 2.31. The Balaban J connectivity index is 2.43. The molecule has 19 heavy (non-hydrogen) atoms. The molecule has 1 saturated heterocycles. The van der Waals surface area contributed by atoms with E-state index in [0.29, 0.717) is 18.3 Å². The highest BCUT2D eigenvalue weighted by Crippen LogP contribution is 2.21. The molecule has 7 heteroatoms. The third kappa shape index (κ3) is 4.91. The maximum absolute atomic E-state index is 11.9. The van der Waals surface area contributed by atoms with Crippen molar-refractivity contribution in [2.24, 2.45) is 0 Å². The Morgan fingerprint density at radius 2 is 2.11 bits per heavy atom. The lowest BCUT2D eigenvalue weighted by atomic mass is 10.1. The molecule has 0 spiro atoms. The number of amides is 2. The predicted octanol–water partition coefficient (Wildman–Crippen LogP) is 0.749. The van der Waals surface area contributed by atoms with Crippen molar-refractivity contribution in [2.75, 3.05) is 25.9 Å². The Hall–Kier alpha value is -0.950. The molecule has 0 radical (unpaired) electrons. The fourth-order valence-corrected chi connectivity index (χ4v) is 2.68. The van der Waals surface area contributed by atoms with Gasteiger partial charge in [0.15, 0.2) is 5.60 Å². The zero-order valence-corrected chi connectivity index (χ0v) is 12.2. The quantitative estimate of drug-likeness (QED) is 0.711. The van der Waals surface area contributed by atoms with Crippen LogP contribution in [0.25, 0.3) is 0 Å². The summed E-state index contributed by atoms with van der Waals surface area (Å²) in [5.41, 5.74) is -1.93. The number of rotatable bonds is 4. The second kappa shape index (κ2) is 7.00. The number of hydrogen-bond donors (Lipinski definition) is 3. The van der Waals surface area contributed by atoms with Gasteiger partial charge < -0.3 is 20.4 Å². The molecular weight excluding hydrogens is 268 g/mol. The fourth-order valence-electron chi connectivity index (χ4n) is 1.94. The highest BCUT2D eigenvalue weighted by atomic mass is 32.2. The van der Waals surface area contributed by atoms with Gasteiger partial charge in [-0.15, -0.1) is 0 Å². The van der Waals surface area contributed by atoms with Crippen LogP contribution in [-0.2, 0) is 4.79 Å². The lowest BCUT2D eigenvalue weighted by Crippen LogP contribution is -2.50. The number of nitrogens with zero attached hydrogens (tertiary/aromatic N) is 1. The van der Waals surface area contributed by atoms with Crippen molar-refractivity contribution in [1.29, 1.82) is 0 Å². The van der Waals surface area contributed by atoms with E-state index in [1.54, 1.807) is 4.90 Å². The Labute approximate surface area is 117 Å². The first kappa shape index (κ1) is 16.1. The molecule has 3 N–H and O–H groups in total. The van der Waals surface area contributed by atoms with Crippen LogP contribution in [-0.4, -0.2) is 63.9 Å². The van der Waals surface area contributed by atoms with Crippen LogP contribution in [0.4, 0.5) is 4.79 Å². The van der Waals surface area contributed by atoms with Crippen LogP contribution in [0.1, 0.15) is 26.2 Å². The molecule has 0 aromatic heterocycles. The zero-order valence-electron chi connectivity index (χ0n) is 11.4. The average Bonchev–Trinajstić information content (AvgIpc) is 2.61. The molecule has 6 nitrogen and oxygen atoms in total. The van der Waals surface area contributed by atoms with E-state index in [-0.39, 0.29) is 12.6 Å². The first-order valence-electron chi connectivity index (χ1n) is 6.38. The number of carboxylic acids is 1. The van der Waals surface area contributed by atoms with E-state index in [4.69, 9.17) is 5.11 Å². The van der Waals surface area contributed by atoms with Gasteiger partial charge in [-0.25, -0.2) is 9.59 Å². The molecule has 1 heterocycles. The van der Waals surface area contributed by atoms with Crippen LogP contribution in [0.5, 0.6) is 0 Å². The van der Waals surface area contributed by atoms with E-state index in [1.807, 2.05) is 11.8 Å². The van der Waals surface area contributed by atoms with Gasteiger partial charge >= 0.3 is 12.0 Å². The molecule has 1 fully saturated rings. The van der Waals surface area contributed by atoms with Crippen molar-refractivity contribution in [3.05, 3.63) is 0 Å². The number of nitrogens with one attached hydrogen (secondary N) is 1. The van der Waals surface area contributed by atoms with Crippen molar-refractivity contribution in [1.82, 2.24) is 10.2 Å². The summed E-state index contributed by atoms with van der Waals surface area (Å²) in [5.74, 6) is -1.34. The molecule has 0 aromatic rings. The minimum atomic E-state index is -1.93. The maximum Gasteiger partial charge on any atom is 0.337 e. The summed E-state index contributed by atoms with van der Waals surface area (Å²) in [7, 11) is 0. The Morgan fingerprint density at radius 3 is 2.68 bits per heavy atom. The molecule has 0 aliphatic carbocycles. The fraction of sp³-hybridized carbons (Fsp3) is 0.833. The van der Waals surface area contributed by atoms with Gasteiger partial charge in [0, 0.05) is 18.3 Å². The van der Waals surface area contributed by atoms with Crippen LogP contribution in [0.2, 0.25) is 0 Å². The number of aliphatic carboxylic acids is 1. The number of carboxylic acid groups (broad SMARTS) is 1. The van der Waals surface area contributed by atoms with Gasteiger partial charge in [0.25, 0.3) is 0 Å². The molecule has 0 bridgehead atoms. The average molecular weight is 290 g/mol. The van der Waals surface area contributed by atoms with Gasteiger partial charge in [-0.05, 0) is 32.4 Å². The van der Waals surface area contributed by atoms with Crippen LogP contribution in [0, 0.1) is 0 Å². The molecule has 2 atom stereocenters. The molecule has 1 rings (SSSR count). The summed E-state index contributed by atoms with van der Waals surface area (Å²) < 4.78 is 0. The molecule has 0 saturated carbocycles. The van der Waals surface area contributed by atoms with Gasteiger partial charge in [0.1, 0.15) is 0 Å². The van der Waals surface area contributed by atoms with Crippen LogP contribution in [0.15, 0.2) is 0 Å². The number of hydrogen-bond acceptors (Lipinski definition) is 4. The second-order valence-corrected chi connectivity index (χ2v) is 6.15. The number of aliphatic hydroxyl groups is 1. The Morgan fingerprint density at radius 1 is 1.42 bits per heavy atom. The summed E-state index contributed by atoms with van der Waals surface area (Å²) in [4.78, 5) is 24.3. The van der Waals surface area contributed by atoms with E-state index in [2.05, 4.69) is 11.6 Å². The van der Waals surface area contributed by atoms with Gasteiger partial charge in [0.05, 0.1) is 6.54 Å². The van der Waals surface area contributed by atoms with Gasteiger partial charge in [-0.2, -0.15) is 11.8 Å². The largest absolute Gasteiger partial charge is 0.479 e. The number of thioether (sulfide) groups is 1. The summed E-state index contributed by atoms with van der Waals surface area (Å²) in [6.45, 7) is 2.23. The molecular formula is C12H22N2O4S. The van der Waals surface area contributed by atoms with E-state index in [0.717, 1.165) is 19.3 Å². The maximum atomic E-state index is 11.9. The van der Waals surface area contributed by atoms with E-state index >= 15 is 0 Å². The summed E-state index contributed by atoms with van der Waals surface area (Å²) in [6.07, 6.45) is 5.07. The summed E-state index contributed by atoms with van der Waals surface area (Å²) in [5, 5.41) is 21.4. The standard InChI is InChI=1S/C12H22N2O4S/c1-12(18,10(15)16)8-13-11(17)14-6-3-4-9(19-2)5-7-14/h9,18H,3-8H2,1-2H3,(H,13,17)(H,15,16). The van der Waals surface area contributed by atoms with Crippen molar-refractivity contribution in [2.45, 2.75) is 37.0 Å². The van der Waals surface area contributed by atoms with Crippen molar-refractivity contribution in [3.8, 4) is 0 Å². The Bertz CT molecular complexity index is 336. The van der Waals surface area contributed by atoms with Crippen LogP contribution < -0.4 is 5.32 Å². The third-order valence-electron chi connectivity index (χ3n) is 3.34. The third-order valence-corrected chi connectivity index (χ3v) is 4.48. The minimum absolute atomic E-state index is 0.288. The zero-order chi connectivity index (χ0) is 14.5. The van der Waals surface area contributed by atoms with Crippen molar-refractivity contribution >= 4 is 23.8 Å². The molecule has 2 amide bonds. The monoisotopic (exact) mass is 290 g/mol. The Kier molecular flexibility index (Phi) is 5.93. The van der Waals surface area contributed by atoms with E-state index in [1.165, 1.54) is 6.92 Å². The molecule has 110 valence electrons. The molecule has 1 aliphatic heterocycles. The van der Waals surface area contributed by atoms with Crippen LogP contribution in [0.3, 0.4) is 0 Å². The van der Waals surface area contributed by atoms with Gasteiger partial charge in [-0.1, -0.05) is 0 Å². The number of carbonyl (C=O) groups is 2. The molecule has 2 unspecified atom stereocenters. The number of carbonyl (C=O) groups excluding carboxylic acids is 1. The summed E-state index contributed by atoms with van der Waals surface area (Å²) in [6, 6.07) is -0.303. The van der Waals surface area contributed by atoms with Gasteiger partial charge in [0.2, 0.25) is 0 Å². The second-order valence-electron chi connectivity index (χ2n) is 5.01. The first-order chi connectivity index (χ1) is 8.86. The predicted molar refractivity (Wildman–Crippen MR) is 74.4 cm³/mol. The van der Waals surface area contributed by atoms with Crippen LogP contribution >= 0.6 is 11.8 Å². The molecule has 1 aliphatic rings. The lowest BCUT2D eigenvalue weighted by Gasteiger charge is -2.24. The van der Waals surface area contributed by atoms with E-state index in [9.17, 15) is 14.7 Å². The van der Waals surface area contributed by atoms with Crippen molar-refractivity contribution in [3.63, 3.8) is 0 Å². The minimum Gasteiger partial charge on any atom is -0.479 e. The first-order valence-corrected chi connectivity index (χ1v) is 7.67. The summed E-state index contributed by atoms with van der Waals surface area (Å²) >= 11 is 1.82. The lowest BCUT2D eigenvalue weighted by molar-refractivity contribution is -0.155. The van der Waals surface area contributed by atoms with Crippen molar-refractivity contribution < 1.29 is 19.8 Å². The smallest absolute Gasteiger partial charge is 0.337 e. The van der Waals surface area contributed by atoms with Gasteiger partial charge in [-0.3, -0.25) is 0 Å². The number of likely N-dealkylation sites (tertiary alicyclic amines) is 1. The SMILES string of the molecule is CSC1CCCN(C(=O)NCC(C)(O)C(=O)O)CC1. The molecule has 0 aromatic carbocycles. The normalized spacial score (nSPS) is 23.3. The highest BCUT2D eigenvalue weighted by molar-refractivity contribution is 7.99. The number of urea groups is 1.